The maximum atomic E-state index is 10.9. The summed E-state index contributed by atoms with van der Waals surface area (Å²) in [5.74, 6) is -0.895. The Morgan fingerprint density at radius 3 is 2.76 bits per heavy atom. The number of rotatable bonds is 4. The monoisotopic (exact) mass is 315 g/mol. The second kappa shape index (κ2) is 5.79. The highest BCUT2D eigenvalue weighted by molar-refractivity contribution is 7.14. The van der Waals surface area contributed by atoms with Crippen molar-refractivity contribution in [3.05, 3.63) is 62.8 Å². The van der Waals surface area contributed by atoms with Gasteiger partial charge >= 0.3 is 5.97 Å². The first-order valence-corrected chi connectivity index (χ1v) is 8.20. The fraction of sp³-hybridized carbons (Fsp3) is 0.125. The van der Waals surface area contributed by atoms with Gasteiger partial charge in [-0.15, -0.1) is 22.7 Å². The van der Waals surface area contributed by atoms with Crippen molar-refractivity contribution in [3.8, 4) is 10.6 Å². The van der Waals surface area contributed by atoms with Crippen molar-refractivity contribution in [1.29, 1.82) is 0 Å². The van der Waals surface area contributed by atoms with Gasteiger partial charge in [0.15, 0.2) is 0 Å². The van der Waals surface area contributed by atoms with Crippen LogP contribution in [0.25, 0.3) is 10.6 Å². The molecule has 0 aliphatic rings. The maximum Gasteiger partial charge on any atom is 0.336 e. The number of hydrogen-bond donors (Lipinski definition) is 1. The van der Waals surface area contributed by atoms with Crippen LogP contribution in [0.2, 0.25) is 0 Å². The van der Waals surface area contributed by atoms with Crippen LogP contribution in [0.1, 0.15) is 26.5 Å². The van der Waals surface area contributed by atoms with Crippen LogP contribution in [0.4, 0.5) is 0 Å². The average molecular weight is 315 g/mol. The molecule has 0 saturated carbocycles. The van der Waals surface area contributed by atoms with Crippen LogP contribution in [0, 0.1) is 6.92 Å². The van der Waals surface area contributed by atoms with Crippen LogP contribution in [0.3, 0.4) is 0 Å². The Morgan fingerprint density at radius 2 is 2.05 bits per heavy atom. The minimum absolute atomic E-state index is 0.323. The van der Waals surface area contributed by atoms with E-state index in [-0.39, 0.29) is 0 Å². The second-order valence-electron chi connectivity index (χ2n) is 4.73. The van der Waals surface area contributed by atoms with Crippen molar-refractivity contribution in [2.24, 2.45) is 0 Å². The molecule has 3 rings (SSSR count). The minimum Gasteiger partial charge on any atom is -0.478 e. The van der Waals surface area contributed by atoms with E-state index in [9.17, 15) is 4.79 Å². The second-order valence-corrected chi connectivity index (χ2v) is 6.59. The topological polar surface area (TPSA) is 50.2 Å². The molecule has 0 unspecified atom stereocenters. The number of hydrogen-bond acceptors (Lipinski definition) is 4. The molecule has 0 bridgehead atoms. The molecule has 0 fully saturated rings. The zero-order valence-corrected chi connectivity index (χ0v) is 13.0. The van der Waals surface area contributed by atoms with Crippen LogP contribution >= 0.6 is 22.7 Å². The lowest BCUT2D eigenvalue weighted by atomic mass is 10.1. The van der Waals surface area contributed by atoms with Gasteiger partial charge < -0.3 is 5.11 Å². The molecule has 0 spiro atoms. The summed E-state index contributed by atoms with van der Waals surface area (Å²) in [5.41, 5.74) is 3.72. The summed E-state index contributed by atoms with van der Waals surface area (Å²) in [5, 5.41) is 13.7. The molecule has 21 heavy (non-hydrogen) atoms. The predicted octanol–water partition coefficient (Wildman–Crippen LogP) is 4.47. The van der Waals surface area contributed by atoms with Crippen LogP contribution in [0.15, 0.2) is 41.1 Å². The van der Waals surface area contributed by atoms with Crippen LogP contribution in [-0.2, 0) is 6.42 Å². The zero-order chi connectivity index (χ0) is 14.8. The van der Waals surface area contributed by atoms with E-state index in [1.54, 1.807) is 22.8 Å². The average Bonchev–Trinajstić information content (AvgIpc) is 3.10. The summed E-state index contributed by atoms with van der Waals surface area (Å²) >= 11 is 3.03. The molecule has 0 amide bonds. The minimum atomic E-state index is -0.895. The Bertz CT molecular complexity index is 789. The highest BCUT2D eigenvalue weighted by atomic mass is 32.1. The molecular weight excluding hydrogens is 302 g/mol. The van der Waals surface area contributed by atoms with Crippen LogP contribution in [0.5, 0.6) is 0 Å². The van der Waals surface area contributed by atoms with Crippen molar-refractivity contribution >= 4 is 28.6 Å². The lowest BCUT2D eigenvalue weighted by molar-refractivity contribution is 0.0697. The Hall–Kier alpha value is -1.98. The Morgan fingerprint density at radius 1 is 1.24 bits per heavy atom. The third-order valence-electron chi connectivity index (χ3n) is 3.25. The SMILES string of the molecule is Cc1ccccc1Cc1nc(-c2cc(C(=O)O)cs2)cs1. The van der Waals surface area contributed by atoms with Crippen molar-refractivity contribution in [3.63, 3.8) is 0 Å². The maximum absolute atomic E-state index is 10.9. The lowest BCUT2D eigenvalue weighted by Gasteiger charge is -2.02. The number of thiophene rings is 1. The van der Waals surface area contributed by atoms with E-state index < -0.39 is 5.97 Å². The number of carboxylic acid groups (broad SMARTS) is 1. The number of nitrogens with zero attached hydrogens (tertiary/aromatic N) is 1. The summed E-state index contributed by atoms with van der Waals surface area (Å²) in [6.07, 6.45) is 0.814. The molecule has 0 aliphatic heterocycles. The van der Waals surface area contributed by atoms with Crippen molar-refractivity contribution < 1.29 is 9.90 Å². The first-order chi connectivity index (χ1) is 10.1. The van der Waals surface area contributed by atoms with Gasteiger partial charge in [-0.2, -0.15) is 0 Å². The summed E-state index contributed by atoms with van der Waals surface area (Å²) in [4.78, 5) is 16.4. The number of carbonyl (C=O) groups is 1. The molecule has 0 aliphatic carbocycles. The highest BCUT2D eigenvalue weighted by Gasteiger charge is 2.11. The zero-order valence-electron chi connectivity index (χ0n) is 11.4. The Labute approximate surface area is 130 Å². The largest absolute Gasteiger partial charge is 0.478 e. The van der Waals surface area contributed by atoms with E-state index in [2.05, 4.69) is 24.0 Å². The van der Waals surface area contributed by atoms with Gasteiger partial charge in [-0.05, 0) is 24.1 Å². The van der Waals surface area contributed by atoms with E-state index in [4.69, 9.17) is 5.11 Å². The first kappa shape index (κ1) is 14.0. The van der Waals surface area contributed by atoms with Crippen molar-refractivity contribution in [2.45, 2.75) is 13.3 Å². The van der Waals surface area contributed by atoms with Crippen LogP contribution in [-0.4, -0.2) is 16.1 Å². The summed E-state index contributed by atoms with van der Waals surface area (Å²) < 4.78 is 0. The number of carboxylic acids is 1. The normalized spacial score (nSPS) is 10.7. The molecule has 0 radical (unpaired) electrons. The number of aromatic nitrogens is 1. The molecule has 3 nitrogen and oxygen atoms in total. The number of aryl methyl sites for hydroxylation is 1. The van der Waals surface area contributed by atoms with Gasteiger partial charge in [-0.25, -0.2) is 9.78 Å². The van der Waals surface area contributed by atoms with Crippen molar-refractivity contribution in [2.75, 3.05) is 0 Å². The fourth-order valence-corrected chi connectivity index (χ4v) is 3.79. The van der Waals surface area contributed by atoms with Crippen molar-refractivity contribution in [1.82, 2.24) is 4.98 Å². The van der Waals surface area contributed by atoms with Gasteiger partial charge in [0.05, 0.1) is 21.1 Å². The fourth-order valence-electron chi connectivity index (χ4n) is 2.06. The van der Waals surface area contributed by atoms with E-state index >= 15 is 0 Å². The summed E-state index contributed by atoms with van der Waals surface area (Å²) in [6, 6.07) is 9.96. The number of benzene rings is 1. The molecule has 106 valence electrons. The van der Waals surface area contributed by atoms with E-state index in [1.807, 2.05) is 17.5 Å². The van der Waals surface area contributed by atoms with E-state index in [1.165, 1.54) is 22.5 Å². The Balaban J connectivity index is 1.83. The van der Waals surface area contributed by atoms with E-state index in [0.29, 0.717) is 5.56 Å². The number of thiazole rings is 1. The molecule has 5 heteroatoms. The molecule has 2 heterocycles. The molecular formula is C16H13NO2S2. The highest BCUT2D eigenvalue weighted by Crippen LogP contribution is 2.29. The van der Waals surface area contributed by atoms with Crippen LogP contribution < -0.4 is 0 Å². The molecule has 2 aromatic heterocycles. The Kier molecular flexibility index (Phi) is 3.86. The van der Waals surface area contributed by atoms with Gasteiger partial charge in [0.25, 0.3) is 0 Å². The quantitative estimate of drug-likeness (QED) is 0.773. The van der Waals surface area contributed by atoms with E-state index in [0.717, 1.165) is 22.0 Å². The van der Waals surface area contributed by atoms with Gasteiger partial charge in [0, 0.05) is 17.2 Å². The summed E-state index contributed by atoms with van der Waals surface area (Å²) in [7, 11) is 0. The third-order valence-corrected chi connectivity index (χ3v) is 5.06. The molecule has 1 aromatic carbocycles. The molecule has 0 atom stereocenters. The lowest BCUT2D eigenvalue weighted by Crippen LogP contribution is -1.92. The first-order valence-electron chi connectivity index (χ1n) is 6.44. The molecule has 0 saturated heterocycles. The summed E-state index contributed by atoms with van der Waals surface area (Å²) in [6.45, 7) is 2.10. The third kappa shape index (κ3) is 3.04. The molecule has 1 N–H and O–H groups in total. The van der Waals surface area contributed by atoms with Gasteiger partial charge in [-0.1, -0.05) is 24.3 Å². The molecule has 3 aromatic rings. The smallest absolute Gasteiger partial charge is 0.336 e. The predicted molar refractivity (Wildman–Crippen MR) is 86.4 cm³/mol. The number of aromatic carboxylic acids is 1. The standard InChI is InChI=1S/C16H13NO2S2/c1-10-4-2-3-5-11(10)7-15-17-13(9-21-15)14-6-12(8-20-14)16(18)19/h2-6,8-9H,7H2,1H3,(H,18,19). The van der Waals surface area contributed by atoms with Gasteiger partial charge in [0.2, 0.25) is 0 Å². The van der Waals surface area contributed by atoms with Gasteiger partial charge in [0.1, 0.15) is 0 Å². The van der Waals surface area contributed by atoms with Gasteiger partial charge in [-0.3, -0.25) is 0 Å².